The minimum atomic E-state index is 0.887. The lowest BCUT2D eigenvalue weighted by atomic mass is 10.0. The second-order valence-electron chi connectivity index (χ2n) is 18.6. The molecule has 1 aliphatic carbocycles. The molecule has 0 amide bonds. The fourth-order valence-electron chi connectivity index (χ4n) is 10.4. The Kier molecular flexibility index (Phi) is 15.5. The van der Waals surface area contributed by atoms with E-state index in [1.807, 2.05) is 55.9 Å². The number of rotatable bonds is 9. The number of hydrogen-bond donors (Lipinski definition) is 2. The summed E-state index contributed by atoms with van der Waals surface area (Å²) in [4.78, 5) is 9.61. The van der Waals surface area contributed by atoms with Crippen molar-refractivity contribution in [2.45, 2.75) is 39.5 Å². The maximum absolute atomic E-state index is 4.85. The molecule has 5 heterocycles. The molecule has 0 spiro atoms. The quantitative estimate of drug-likeness (QED) is 0.0655. The number of hydrogen-bond acceptors (Lipinski definition) is 4. The zero-order chi connectivity index (χ0) is 51.7. The SMILES string of the molecule is C1=C(n2c3ccccc3c3ccccc32)C=C(n2c3ccccc3c3cc(-c4cncc(-c5cc(-n6c7ccccc7c7ccccc76)ccn5)c4)ccc32)CC1.C=C(C)/C=C\CC.C=CCc1ccccc1.SS. The molecule has 0 aliphatic heterocycles. The molecule has 0 saturated heterocycles. The predicted octanol–water partition coefficient (Wildman–Crippen LogP) is 19.0. The van der Waals surface area contributed by atoms with Gasteiger partial charge in [-0.05, 0) is 110 Å². The summed E-state index contributed by atoms with van der Waals surface area (Å²) < 4.78 is 7.25. The Labute approximate surface area is 450 Å². The summed E-state index contributed by atoms with van der Waals surface area (Å²) in [7, 11) is 0. The van der Waals surface area contributed by atoms with E-state index in [1.54, 1.807) is 0 Å². The number of fused-ring (bicyclic) bond motifs is 9. The van der Waals surface area contributed by atoms with Crippen LogP contribution in [0.25, 0.3) is 105 Å². The average molecular weight is 1010 g/mol. The van der Waals surface area contributed by atoms with Crippen LogP contribution in [0.3, 0.4) is 0 Å². The number of aromatic nitrogens is 5. The molecule has 13 rings (SSSR count). The van der Waals surface area contributed by atoms with E-state index in [0.717, 1.165) is 59.3 Å². The first kappa shape index (κ1) is 50.2. The van der Waals surface area contributed by atoms with Crippen molar-refractivity contribution in [2.75, 3.05) is 0 Å². The highest BCUT2D eigenvalue weighted by atomic mass is 33.1. The first-order chi connectivity index (χ1) is 37.0. The van der Waals surface area contributed by atoms with E-state index in [0.29, 0.717) is 0 Å². The standard InChI is InChI=1S/C52H35N5.C9H10.C7H12.H2S2/c1-6-19-47-40(14-1)41-15-2-7-20-48(41)55(47)37-12-11-13-38(30-37)56-51-23-10-5-18-44(51)45-29-34(24-25-52(45)56)35-28-36(33-53-32-35)46-31-39(26-27-54-46)57-49-21-8-3-16-42(49)43-17-4-9-22-50(43)57;1-2-6-9-7-4-3-5-8-9;1-4-5-6-7(2)3;1-2/h1-10,12,14-33H,11,13H2;2-5,7-8H,1,6H2;5-6H,2,4H2,1,3H3;1-2H/b;;6-5-;. The van der Waals surface area contributed by atoms with Crippen LogP contribution in [0, 0.1) is 0 Å². The largest absolute Gasteiger partial charge is 0.313 e. The van der Waals surface area contributed by atoms with Gasteiger partial charge in [0.15, 0.2) is 0 Å². The lowest BCUT2D eigenvalue weighted by Gasteiger charge is -2.19. The number of pyridine rings is 2. The van der Waals surface area contributed by atoms with Crippen LogP contribution in [0.1, 0.15) is 38.7 Å². The van der Waals surface area contributed by atoms with E-state index in [1.165, 1.54) is 82.4 Å². The summed E-state index contributed by atoms with van der Waals surface area (Å²) in [5.74, 6) is 0. The second kappa shape index (κ2) is 23.2. The van der Waals surface area contributed by atoms with Crippen LogP contribution in [0.4, 0.5) is 0 Å². The summed E-state index contributed by atoms with van der Waals surface area (Å²) in [5, 5.41) is 7.52. The Balaban J connectivity index is 0.000000307. The molecule has 0 bridgehead atoms. The average Bonchev–Trinajstić information content (AvgIpc) is 4.12. The zero-order valence-corrected chi connectivity index (χ0v) is 44.2. The zero-order valence-electron chi connectivity index (χ0n) is 42.4. The summed E-state index contributed by atoms with van der Waals surface area (Å²) in [6.45, 7) is 11.5. The fourth-order valence-corrected chi connectivity index (χ4v) is 10.4. The lowest BCUT2D eigenvalue weighted by molar-refractivity contribution is 0.969. The minimum absolute atomic E-state index is 0.887. The van der Waals surface area contributed by atoms with Crippen molar-refractivity contribution in [3.05, 3.63) is 261 Å². The van der Waals surface area contributed by atoms with Crippen molar-refractivity contribution in [3.63, 3.8) is 0 Å². The molecule has 0 unspecified atom stereocenters. The maximum Gasteiger partial charge on any atom is 0.0738 e. The first-order valence-corrected chi connectivity index (χ1v) is 27.1. The number of thiol groups is 2. The van der Waals surface area contributed by atoms with Crippen LogP contribution in [0.5, 0.6) is 0 Å². The Morgan fingerprint density at radius 3 is 1.64 bits per heavy atom. The molecular formula is C68H59N5S2. The molecule has 5 nitrogen and oxygen atoms in total. The van der Waals surface area contributed by atoms with E-state index >= 15 is 0 Å². The molecule has 0 saturated carbocycles. The Morgan fingerprint density at radius 2 is 1.08 bits per heavy atom. The van der Waals surface area contributed by atoms with E-state index < -0.39 is 0 Å². The van der Waals surface area contributed by atoms with Gasteiger partial charge in [-0.25, -0.2) is 0 Å². The van der Waals surface area contributed by atoms with Gasteiger partial charge in [0.1, 0.15) is 0 Å². The summed E-state index contributed by atoms with van der Waals surface area (Å²) in [5.41, 5.74) is 17.4. The van der Waals surface area contributed by atoms with Crippen LogP contribution in [-0.2, 0) is 6.42 Å². The summed E-state index contributed by atoms with van der Waals surface area (Å²) in [6.07, 6.45) is 20.6. The third-order valence-corrected chi connectivity index (χ3v) is 13.7. The van der Waals surface area contributed by atoms with Crippen molar-refractivity contribution in [1.82, 2.24) is 23.7 Å². The molecule has 1 aliphatic rings. The van der Waals surface area contributed by atoms with E-state index in [-0.39, 0.29) is 0 Å². The highest BCUT2D eigenvalue weighted by Crippen LogP contribution is 2.40. The second-order valence-corrected chi connectivity index (χ2v) is 18.6. The van der Waals surface area contributed by atoms with Gasteiger partial charge >= 0.3 is 0 Å². The highest BCUT2D eigenvalue weighted by molar-refractivity contribution is 8.59. The molecule has 0 N–H and O–H groups in total. The van der Waals surface area contributed by atoms with Crippen LogP contribution >= 0.6 is 23.3 Å². The number of nitrogens with zero attached hydrogens (tertiary/aromatic N) is 5. The molecule has 5 aromatic heterocycles. The summed E-state index contributed by atoms with van der Waals surface area (Å²) in [6, 6.07) is 67.2. The summed E-state index contributed by atoms with van der Waals surface area (Å²) >= 11 is 6.44. The van der Waals surface area contributed by atoms with Crippen molar-refractivity contribution < 1.29 is 0 Å². The van der Waals surface area contributed by atoms with Gasteiger partial charge in [-0.3, -0.25) is 9.97 Å². The van der Waals surface area contributed by atoms with Crippen molar-refractivity contribution in [2.24, 2.45) is 0 Å². The molecule has 368 valence electrons. The van der Waals surface area contributed by atoms with Gasteiger partial charge in [0, 0.05) is 79.1 Å². The molecule has 12 aromatic rings. The van der Waals surface area contributed by atoms with E-state index in [4.69, 9.17) is 9.97 Å². The third-order valence-electron chi connectivity index (χ3n) is 13.7. The molecule has 7 aromatic carbocycles. The van der Waals surface area contributed by atoms with E-state index in [2.05, 4.69) is 245 Å². The molecule has 0 radical (unpaired) electrons. The van der Waals surface area contributed by atoms with Gasteiger partial charge in [-0.15, -0.1) is 29.9 Å². The number of benzene rings is 7. The van der Waals surface area contributed by atoms with Crippen LogP contribution < -0.4 is 0 Å². The van der Waals surface area contributed by atoms with Gasteiger partial charge in [0.05, 0.1) is 38.8 Å². The lowest BCUT2D eigenvalue weighted by Crippen LogP contribution is -2.04. The monoisotopic (exact) mass is 1010 g/mol. The highest BCUT2D eigenvalue weighted by Gasteiger charge is 2.20. The molecule has 7 heteroatoms. The Morgan fingerprint density at radius 1 is 0.560 bits per heavy atom. The fraction of sp³-hybridized carbons (Fsp3) is 0.0882. The normalized spacial score (nSPS) is 12.2. The maximum atomic E-state index is 4.85. The van der Waals surface area contributed by atoms with Crippen molar-refractivity contribution in [3.8, 4) is 28.1 Å². The smallest absolute Gasteiger partial charge is 0.0738 e. The third kappa shape index (κ3) is 10.3. The number of para-hydroxylation sites is 5. The van der Waals surface area contributed by atoms with Gasteiger partial charge < -0.3 is 13.7 Å². The van der Waals surface area contributed by atoms with Gasteiger partial charge in [0.2, 0.25) is 0 Å². The molecule has 75 heavy (non-hydrogen) atoms. The van der Waals surface area contributed by atoms with Gasteiger partial charge in [-0.2, -0.15) is 0 Å². The van der Waals surface area contributed by atoms with Crippen molar-refractivity contribution >= 4 is 100 Å². The first-order valence-electron chi connectivity index (χ1n) is 25.5. The molecule has 0 fully saturated rings. The molecular weight excluding hydrogens is 951 g/mol. The predicted molar refractivity (Wildman–Crippen MR) is 330 cm³/mol. The topological polar surface area (TPSA) is 40.6 Å². The van der Waals surface area contributed by atoms with E-state index in [9.17, 15) is 0 Å². The van der Waals surface area contributed by atoms with Gasteiger partial charge in [0.25, 0.3) is 0 Å². The number of allylic oxidation sites excluding steroid dienone is 8. The molecule has 0 atom stereocenters. The van der Waals surface area contributed by atoms with Gasteiger partial charge in [-0.1, -0.05) is 171 Å². The van der Waals surface area contributed by atoms with Crippen LogP contribution in [0.15, 0.2) is 256 Å². The Hall–Kier alpha value is -8.36. The van der Waals surface area contributed by atoms with Crippen LogP contribution in [0.2, 0.25) is 0 Å². The Bertz CT molecular complexity index is 4000. The van der Waals surface area contributed by atoms with Crippen LogP contribution in [-0.4, -0.2) is 23.7 Å². The minimum Gasteiger partial charge on any atom is -0.313 e. The van der Waals surface area contributed by atoms with Crippen molar-refractivity contribution in [1.29, 1.82) is 0 Å².